The van der Waals surface area contributed by atoms with Gasteiger partial charge in [0.05, 0.1) is 18.5 Å². The molecular formula is C19H24N4O4. The van der Waals surface area contributed by atoms with Crippen LogP contribution in [0.4, 0.5) is 4.79 Å². The van der Waals surface area contributed by atoms with E-state index in [4.69, 9.17) is 9.47 Å². The predicted octanol–water partition coefficient (Wildman–Crippen LogP) is 2.93. The van der Waals surface area contributed by atoms with Crippen LogP contribution in [0.1, 0.15) is 50.3 Å². The molecule has 0 spiro atoms. The summed E-state index contributed by atoms with van der Waals surface area (Å²) in [5.41, 5.74) is 2.14. The van der Waals surface area contributed by atoms with Crippen LogP contribution >= 0.6 is 0 Å². The summed E-state index contributed by atoms with van der Waals surface area (Å²) in [6.45, 7) is 8.65. The average Bonchev–Trinajstić information content (AvgIpc) is 3.04. The Bertz CT molecular complexity index is 895. The minimum atomic E-state index is -0.508. The molecule has 0 unspecified atom stereocenters. The standard InChI is InChI=1S/C19H24N4O4/c1-5-26-17(24)15-12-23-16(20-15)7-6-14(21-23)13-8-10-22(11-9-13)18(25)27-19(2,3)4/h6-8,12H,5,9-11H2,1-4H3. The van der Waals surface area contributed by atoms with E-state index in [0.717, 1.165) is 11.3 Å². The summed E-state index contributed by atoms with van der Waals surface area (Å²) in [4.78, 5) is 29.9. The normalized spacial score (nSPS) is 14.8. The Morgan fingerprint density at radius 1 is 1.26 bits per heavy atom. The van der Waals surface area contributed by atoms with E-state index >= 15 is 0 Å². The molecule has 2 aromatic rings. The van der Waals surface area contributed by atoms with Gasteiger partial charge in [0, 0.05) is 13.1 Å². The van der Waals surface area contributed by atoms with Gasteiger partial charge in [0.15, 0.2) is 11.3 Å². The third kappa shape index (κ3) is 4.45. The number of ether oxygens (including phenoxy) is 2. The lowest BCUT2D eigenvalue weighted by molar-refractivity contribution is 0.0270. The fourth-order valence-electron chi connectivity index (χ4n) is 2.75. The highest BCUT2D eigenvalue weighted by atomic mass is 16.6. The Balaban J connectivity index is 1.74. The summed E-state index contributed by atoms with van der Waals surface area (Å²) >= 11 is 0. The number of fused-ring (bicyclic) bond motifs is 1. The molecule has 0 radical (unpaired) electrons. The van der Waals surface area contributed by atoms with Crippen molar-refractivity contribution in [2.24, 2.45) is 0 Å². The molecule has 0 N–H and O–H groups in total. The molecule has 1 amide bonds. The highest BCUT2D eigenvalue weighted by Gasteiger charge is 2.24. The lowest BCUT2D eigenvalue weighted by atomic mass is 10.0. The maximum absolute atomic E-state index is 12.2. The van der Waals surface area contributed by atoms with Crippen LogP contribution in [0.25, 0.3) is 11.2 Å². The number of hydrogen-bond donors (Lipinski definition) is 0. The number of imidazole rings is 1. The van der Waals surface area contributed by atoms with E-state index in [1.807, 2.05) is 39.0 Å². The second kappa shape index (κ2) is 7.38. The average molecular weight is 372 g/mol. The number of aromatic nitrogens is 3. The van der Waals surface area contributed by atoms with Crippen molar-refractivity contribution in [3.63, 3.8) is 0 Å². The van der Waals surface area contributed by atoms with Crippen molar-refractivity contribution < 1.29 is 19.1 Å². The monoisotopic (exact) mass is 372 g/mol. The van der Waals surface area contributed by atoms with Crippen molar-refractivity contribution in [3.05, 3.63) is 35.8 Å². The molecule has 0 atom stereocenters. The van der Waals surface area contributed by atoms with Gasteiger partial charge < -0.3 is 14.4 Å². The Morgan fingerprint density at radius 2 is 2.04 bits per heavy atom. The molecule has 27 heavy (non-hydrogen) atoms. The van der Waals surface area contributed by atoms with Gasteiger partial charge in [-0.15, -0.1) is 0 Å². The number of rotatable bonds is 3. The molecule has 2 aromatic heterocycles. The first kappa shape index (κ1) is 18.9. The number of nitrogens with zero attached hydrogens (tertiary/aromatic N) is 4. The van der Waals surface area contributed by atoms with Crippen LogP contribution in [-0.2, 0) is 9.47 Å². The molecule has 0 bridgehead atoms. The second-order valence-electron chi connectivity index (χ2n) is 7.27. The van der Waals surface area contributed by atoms with Crippen molar-refractivity contribution in [1.82, 2.24) is 19.5 Å². The minimum Gasteiger partial charge on any atom is -0.461 e. The van der Waals surface area contributed by atoms with Crippen molar-refractivity contribution in [2.45, 2.75) is 39.7 Å². The molecule has 0 aromatic carbocycles. The SMILES string of the molecule is CCOC(=O)c1cn2nc(C3=CCN(C(=O)OC(C)(C)C)CC3)ccc2n1. The zero-order valence-corrected chi connectivity index (χ0v) is 16.1. The zero-order chi connectivity index (χ0) is 19.6. The number of amides is 1. The highest BCUT2D eigenvalue weighted by Crippen LogP contribution is 2.22. The summed E-state index contributed by atoms with van der Waals surface area (Å²) in [5, 5.41) is 4.53. The van der Waals surface area contributed by atoms with Crippen molar-refractivity contribution in [2.75, 3.05) is 19.7 Å². The van der Waals surface area contributed by atoms with Gasteiger partial charge in [-0.2, -0.15) is 5.10 Å². The van der Waals surface area contributed by atoms with E-state index in [1.165, 1.54) is 0 Å². The number of esters is 1. The molecular weight excluding hydrogens is 348 g/mol. The van der Waals surface area contributed by atoms with Crippen LogP contribution in [0.5, 0.6) is 0 Å². The molecule has 8 nitrogen and oxygen atoms in total. The van der Waals surface area contributed by atoms with Gasteiger partial charge in [0.25, 0.3) is 0 Å². The molecule has 8 heteroatoms. The Kier molecular flexibility index (Phi) is 5.16. The van der Waals surface area contributed by atoms with Gasteiger partial charge in [0.1, 0.15) is 5.60 Å². The Labute approximate surface area is 157 Å². The van der Waals surface area contributed by atoms with Crippen LogP contribution in [-0.4, -0.2) is 56.9 Å². The second-order valence-corrected chi connectivity index (χ2v) is 7.27. The third-order valence-electron chi connectivity index (χ3n) is 3.99. The summed E-state index contributed by atoms with van der Waals surface area (Å²) in [7, 11) is 0. The van der Waals surface area contributed by atoms with E-state index in [1.54, 1.807) is 22.5 Å². The van der Waals surface area contributed by atoms with E-state index < -0.39 is 11.6 Å². The van der Waals surface area contributed by atoms with Crippen LogP contribution < -0.4 is 0 Å². The fourth-order valence-corrected chi connectivity index (χ4v) is 2.75. The minimum absolute atomic E-state index is 0.232. The Morgan fingerprint density at radius 3 is 2.67 bits per heavy atom. The van der Waals surface area contributed by atoms with Crippen molar-refractivity contribution in [1.29, 1.82) is 0 Å². The lowest BCUT2D eigenvalue weighted by Gasteiger charge is -2.29. The van der Waals surface area contributed by atoms with E-state index in [2.05, 4.69) is 10.1 Å². The summed E-state index contributed by atoms with van der Waals surface area (Å²) in [5.74, 6) is -0.463. The Hall–Kier alpha value is -2.90. The molecule has 0 saturated heterocycles. The molecule has 0 aliphatic carbocycles. The topological polar surface area (TPSA) is 86.0 Å². The molecule has 0 saturated carbocycles. The molecule has 1 aliphatic heterocycles. The quantitative estimate of drug-likeness (QED) is 0.770. The molecule has 0 fully saturated rings. The highest BCUT2D eigenvalue weighted by molar-refractivity contribution is 5.87. The first-order chi connectivity index (χ1) is 12.8. The molecule has 1 aliphatic rings. The van der Waals surface area contributed by atoms with Gasteiger partial charge in [-0.05, 0) is 51.8 Å². The van der Waals surface area contributed by atoms with Crippen LogP contribution in [0, 0.1) is 0 Å². The summed E-state index contributed by atoms with van der Waals surface area (Å²) in [6.07, 6.45) is 3.91. The summed E-state index contributed by atoms with van der Waals surface area (Å²) < 4.78 is 11.9. The number of carbonyl (C=O) groups is 2. The molecule has 144 valence electrons. The van der Waals surface area contributed by atoms with E-state index in [-0.39, 0.29) is 11.8 Å². The van der Waals surface area contributed by atoms with Crippen LogP contribution in [0.3, 0.4) is 0 Å². The van der Waals surface area contributed by atoms with Gasteiger partial charge in [-0.3, -0.25) is 0 Å². The van der Waals surface area contributed by atoms with Gasteiger partial charge in [0.2, 0.25) is 0 Å². The van der Waals surface area contributed by atoms with Crippen molar-refractivity contribution >= 4 is 23.3 Å². The van der Waals surface area contributed by atoms with Gasteiger partial charge in [-0.1, -0.05) is 6.08 Å². The molecule has 3 rings (SSSR count). The van der Waals surface area contributed by atoms with Crippen molar-refractivity contribution in [3.8, 4) is 0 Å². The predicted molar refractivity (Wildman–Crippen MR) is 99.3 cm³/mol. The zero-order valence-electron chi connectivity index (χ0n) is 16.1. The third-order valence-corrected chi connectivity index (χ3v) is 3.99. The first-order valence-electron chi connectivity index (χ1n) is 8.97. The first-order valence-corrected chi connectivity index (χ1v) is 8.97. The fraction of sp³-hybridized carbons (Fsp3) is 0.474. The van der Waals surface area contributed by atoms with Gasteiger partial charge in [-0.25, -0.2) is 19.1 Å². The largest absolute Gasteiger partial charge is 0.461 e. The van der Waals surface area contributed by atoms with E-state index in [9.17, 15) is 9.59 Å². The maximum atomic E-state index is 12.2. The number of hydrogen-bond acceptors (Lipinski definition) is 6. The van der Waals surface area contributed by atoms with Crippen LogP contribution in [0.15, 0.2) is 24.4 Å². The summed E-state index contributed by atoms with van der Waals surface area (Å²) in [6, 6.07) is 3.68. The number of carbonyl (C=O) groups excluding carboxylic acids is 2. The van der Waals surface area contributed by atoms with E-state index in [0.29, 0.717) is 31.8 Å². The van der Waals surface area contributed by atoms with Crippen LogP contribution in [0.2, 0.25) is 0 Å². The smallest absolute Gasteiger partial charge is 0.410 e. The molecule has 3 heterocycles. The van der Waals surface area contributed by atoms with Gasteiger partial charge >= 0.3 is 12.1 Å². The lowest BCUT2D eigenvalue weighted by Crippen LogP contribution is -2.39. The maximum Gasteiger partial charge on any atom is 0.410 e.